The van der Waals surface area contributed by atoms with Crippen LogP contribution in [-0.4, -0.2) is 20.1 Å². The number of hydrogen-bond donors (Lipinski definition) is 2. The Morgan fingerprint density at radius 2 is 2.45 bits per heavy atom. The first-order valence-electron chi connectivity index (χ1n) is 4.52. The van der Waals surface area contributed by atoms with E-state index in [1.807, 2.05) is 7.05 Å². The van der Waals surface area contributed by atoms with Gasteiger partial charge in [0, 0.05) is 25.8 Å². The molecule has 2 nitrogen and oxygen atoms in total. The molecule has 2 heteroatoms. The van der Waals surface area contributed by atoms with Gasteiger partial charge in [0.15, 0.2) is 0 Å². The lowest BCUT2D eigenvalue weighted by Gasteiger charge is -2.21. The van der Waals surface area contributed by atoms with Crippen LogP contribution in [0, 0.1) is 5.92 Å². The highest BCUT2D eigenvalue weighted by atomic mass is 14.9. The molecule has 62 valence electrons. The van der Waals surface area contributed by atoms with Gasteiger partial charge in [-0.3, -0.25) is 0 Å². The maximum absolute atomic E-state index is 3.43. The Labute approximate surface area is 68.1 Å². The lowest BCUT2D eigenvalue weighted by molar-refractivity contribution is 0.520. The predicted octanol–water partition coefficient (Wildman–Crippen LogP) is 0.863. The third-order valence-electron chi connectivity index (χ3n) is 2.87. The summed E-state index contributed by atoms with van der Waals surface area (Å²) in [5.74, 6) is 0.853. The maximum Gasteiger partial charge on any atom is 0.0188 e. The van der Waals surface area contributed by atoms with Gasteiger partial charge in [-0.15, -0.1) is 0 Å². The molecule has 1 aliphatic carbocycles. The summed E-state index contributed by atoms with van der Waals surface area (Å²) in [6.07, 6.45) is 4.03. The molecule has 2 N–H and O–H groups in total. The van der Waals surface area contributed by atoms with Crippen molar-refractivity contribution in [3.63, 3.8) is 0 Å². The summed E-state index contributed by atoms with van der Waals surface area (Å²) in [6.45, 7) is 2.33. The monoisotopic (exact) mass is 152 g/mol. The summed E-state index contributed by atoms with van der Waals surface area (Å²) < 4.78 is 0. The second-order valence-electron chi connectivity index (χ2n) is 3.47. The number of rotatable bonds is 1. The molecule has 1 unspecified atom stereocenters. The summed E-state index contributed by atoms with van der Waals surface area (Å²) >= 11 is 0. The highest BCUT2D eigenvalue weighted by Gasteiger charge is 2.26. The topological polar surface area (TPSA) is 24.1 Å². The molecule has 1 heterocycles. The average Bonchev–Trinajstić information content (AvgIpc) is 2.50. The quantitative estimate of drug-likeness (QED) is 0.582. The van der Waals surface area contributed by atoms with Crippen molar-refractivity contribution in [3.05, 3.63) is 11.3 Å². The first-order chi connectivity index (χ1) is 5.42. The third kappa shape index (κ3) is 1.16. The lowest BCUT2D eigenvalue weighted by Crippen LogP contribution is -2.18. The van der Waals surface area contributed by atoms with E-state index in [9.17, 15) is 0 Å². The van der Waals surface area contributed by atoms with Crippen LogP contribution >= 0.6 is 0 Å². The van der Waals surface area contributed by atoms with Gasteiger partial charge in [-0.25, -0.2) is 0 Å². The van der Waals surface area contributed by atoms with Gasteiger partial charge in [0.1, 0.15) is 0 Å². The molecule has 0 radical (unpaired) electrons. The standard InChI is InChI=1S/C9H16N2/c1-10-9-4-2-3-7-5-11-6-8(7)9/h7,10-11H,2-6H2,1H3. The van der Waals surface area contributed by atoms with Gasteiger partial charge >= 0.3 is 0 Å². The first kappa shape index (κ1) is 7.17. The van der Waals surface area contributed by atoms with Gasteiger partial charge in [-0.1, -0.05) is 0 Å². The summed E-state index contributed by atoms with van der Waals surface area (Å²) in [4.78, 5) is 0. The van der Waals surface area contributed by atoms with Crippen LogP contribution in [0.5, 0.6) is 0 Å². The van der Waals surface area contributed by atoms with Crippen LogP contribution in [-0.2, 0) is 0 Å². The third-order valence-corrected chi connectivity index (χ3v) is 2.87. The molecule has 11 heavy (non-hydrogen) atoms. The van der Waals surface area contributed by atoms with E-state index < -0.39 is 0 Å². The van der Waals surface area contributed by atoms with Crippen molar-refractivity contribution in [3.8, 4) is 0 Å². The number of hydrogen-bond acceptors (Lipinski definition) is 2. The smallest absolute Gasteiger partial charge is 0.0188 e. The van der Waals surface area contributed by atoms with Crippen LogP contribution < -0.4 is 10.6 Å². The fourth-order valence-corrected chi connectivity index (χ4v) is 2.25. The molecule has 1 saturated heterocycles. The Morgan fingerprint density at radius 3 is 3.27 bits per heavy atom. The molecular weight excluding hydrogens is 136 g/mol. The highest BCUT2D eigenvalue weighted by molar-refractivity contribution is 5.23. The van der Waals surface area contributed by atoms with Crippen molar-refractivity contribution < 1.29 is 0 Å². The summed E-state index contributed by atoms with van der Waals surface area (Å²) in [6, 6.07) is 0. The van der Waals surface area contributed by atoms with E-state index in [4.69, 9.17) is 0 Å². The molecule has 2 rings (SSSR count). The summed E-state index contributed by atoms with van der Waals surface area (Å²) in [5.41, 5.74) is 3.16. The molecule has 0 bridgehead atoms. The summed E-state index contributed by atoms with van der Waals surface area (Å²) in [7, 11) is 2.04. The normalized spacial score (nSPS) is 30.5. The van der Waals surface area contributed by atoms with Crippen LogP contribution in [0.3, 0.4) is 0 Å². The molecule has 0 aromatic carbocycles. The summed E-state index contributed by atoms with van der Waals surface area (Å²) in [5, 5.41) is 6.75. The van der Waals surface area contributed by atoms with Crippen LogP contribution in [0.1, 0.15) is 19.3 Å². The molecule has 1 atom stereocenters. The average molecular weight is 152 g/mol. The second-order valence-corrected chi connectivity index (χ2v) is 3.47. The van der Waals surface area contributed by atoms with E-state index in [0.717, 1.165) is 12.5 Å². The van der Waals surface area contributed by atoms with Crippen molar-refractivity contribution in [1.29, 1.82) is 0 Å². The minimum Gasteiger partial charge on any atom is -0.391 e. The maximum atomic E-state index is 3.43. The van der Waals surface area contributed by atoms with Gasteiger partial charge in [0.2, 0.25) is 0 Å². The van der Waals surface area contributed by atoms with Gasteiger partial charge in [0.05, 0.1) is 0 Å². The molecule has 0 spiro atoms. The molecule has 0 aromatic rings. The zero-order valence-electron chi connectivity index (χ0n) is 7.11. The number of fused-ring (bicyclic) bond motifs is 1. The molecule has 0 amide bonds. The van der Waals surface area contributed by atoms with E-state index >= 15 is 0 Å². The molecule has 0 aromatic heterocycles. The van der Waals surface area contributed by atoms with Crippen LogP contribution in [0.15, 0.2) is 11.3 Å². The Balaban J connectivity index is 2.23. The van der Waals surface area contributed by atoms with E-state index in [1.54, 1.807) is 5.57 Å². The number of allylic oxidation sites excluding steroid dienone is 1. The van der Waals surface area contributed by atoms with Crippen molar-refractivity contribution >= 4 is 0 Å². The molecule has 1 fully saturated rings. The number of nitrogens with one attached hydrogen (secondary N) is 2. The van der Waals surface area contributed by atoms with Crippen LogP contribution in [0.25, 0.3) is 0 Å². The molecule has 2 aliphatic rings. The molecule has 1 aliphatic heterocycles. The minimum absolute atomic E-state index is 0.853. The van der Waals surface area contributed by atoms with E-state index in [2.05, 4.69) is 10.6 Å². The Kier molecular flexibility index (Phi) is 1.86. The van der Waals surface area contributed by atoms with Crippen LogP contribution in [0.4, 0.5) is 0 Å². The Morgan fingerprint density at radius 1 is 1.55 bits per heavy atom. The van der Waals surface area contributed by atoms with Crippen molar-refractivity contribution in [2.75, 3.05) is 20.1 Å². The lowest BCUT2D eigenvalue weighted by atomic mass is 9.88. The van der Waals surface area contributed by atoms with E-state index in [0.29, 0.717) is 0 Å². The minimum atomic E-state index is 0.853. The van der Waals surface area contributed by atoms with Crippen molar-refractivity contribution in [2.24, 2.45) is 5.92 Å². The SMILES string of the molecule is CNC1=C2CNCC2CCC1. The fourth-order valence-electron chi connectivity index (χ4n) is 2.25. The zero-order chi connectivity index (χ0) is 7.68. The van der Waals surface area contributed by atoms with Gasteiger partial charge < -0.3 is 10.6 Å². The van der Waals surface area contributed by atoms with Crippen LogP contribution in [0.2, 0.25) is 0 Å². The van der Waals surface area contributed by atoms with Crippen molar-refractivity contribution in [2.45, 2.75) is 19.3 Å². The largest absolute Gasteiger partial charge is 0.391 e. The van der Waals surface area contributed by atoms with E-state index in [-0.39, 0.29) is 0 Å². The first-order valence-corrected chi connectivity index (χ1v) is 4.52. The zero-order valence-corrected chi connectivity index (χ0v) is 7.11. The molecular formula is C9H16N2. The Hall–Kier alpha value is -0.500. The highest BCUT2D eigenvalue weighted by Crippen LogP contribution is 2.30. The fraction of sp³-hybridized carbons (Fsp3) is 0.778. The van der Waals surface area contributed by atoms with Gasteiger partial charge in [-0.2, -0.15) is 0 Å². The molecule has 0 saturated carbocycles. The van der Waals surface area contributed by atoms with Crippen molar-refractivity contribution in [1.82, 2.24) is 10.6 Å². The Bertz CT molecular complexity index is 184. The van der Waals surface area contributed by atoms with Gasteiger partial charge in [0.25, 0.3) is 0 Å². The van der Waals surface area contributed by atoms with Gasteiger partial charge in [-0.05, 0) is 30.8 Å². The predicted molar refractivity (Wildman–Crippen MR) is 46.3 cm³/mol. The second kappa shape index (κ2) is 2.86. The van der Waals surface area contributed by atoms with E-state index in [1.165, 1.54) is 31.5 Å².